The number of ether oxygens (including phenoxy) is 1. The number of halogens is 1. The molecule has 1 fully saturated rings. The van der Waals surface area contributed by atoms with Gasteiger partial charge in [-0.25, -0.2) is 9.59 Å². The van der Waals surface area contributed by atoms with Crippen LogP contribution < -0.4 is 9.64 Å². The minimum Gasteiger partial charge on any atom is -0.497 e. The number of carbonyl (C=O) groups is 2. The summed E-state index contributed by atoms with van der Waals surface area (Å²) in [4.78, 5) is 28.2. The zero-order chi connectivity index (χ0) is 18.9. The van der Waals surface area contributed by atoms with Gasteiger partial charge in [-0.3, -0.25) is 4.90 Å². The lowest BCUT2D eigenvalue weighted by molar-refractivity contribution is -0.148. The maximum absolute atomic E-state index is 13.0. The molecule has 2 amide bonds. The fraction of sp³-hybridized carbons (Fsp3) is 0.263. The third-order valence-electron chi connectivity index (χ3n) is 4.74. The number of nitrogens with zero attached hydrogens (tertiary/aromatic N) is 2. The van der Waals surface area contributed by atoms with E-state index in [4.69, 9.17) is 4.74 Å². The van der Waals surface area contributed by atoms with Gasteiger partial charge < -0.3 is 14.7 Å². The van der Waals surface area contributed by atoms with Gasteiger partial charge in [0.15, 0.2) is 5.54 Å². The second kappa shape index (κ2) is 6.99. The molecule has 0 saturated carbocycles. The number of carboxylic acid groups (broad SMARTS) is 1. The van der Waals surface area contributed by atoms with E-state index in [1.165, 1.54) is 12.0 Å². The van der Waals surface area contributed by atoms with Crippen LogP contribution in [0.5, 0.6) is 5.75 Å². The molecular formula is C19H19BrN2O4. The minimum atomic E-state index is -1.49. The summed E-state index contributed by atoms with van der Waals surface area (Å²) < 4.78 is 6.12. The van der Waals surface area contributed by atoms with Crippen molar-refractivity contribution in [1.29, 1.82) is 0 Å². The first-order chi connectivity index (χ1) is 12.4. The average Bonchev–Trinajstić information content (AvgIpc) is 3.03. The largest absolute Gasteiger partial charge is 0.497 e. The quantitative estimate of drug-likeness (QED) is 0.803. The number of methoxy groups -OCH3 is 1. The number of hydrogen-bond acceptors (Lipinski definition) is 3. The van der Waals surface area contributed by atoms with Crippen molar-refractivity contribution in [3.05, 3.63) is 58.6 Å². The number of urea groups is 1. The van der Waals surface area contributed by atoms with Crippen LogP contribution in [0.2, 0.25) is 0 Å². The van der Waals surface area contributed by atoms with Crippen LogP contribution in [-0.4, -0.2) is 42.2 Å². The molecule has 1 heterocycles. The first-order valence-electron chi connectivity index (χ1n) is 8.10. The van der Waals surface area contributed by atoms with E-state index >= 15 is 0 Å². The summed E-state index contributed by atoms with van der Waals surface area (Å²) in [5.74, 6) is -0.539. The second-order valence-corrected chi connectivity index (χ2v) is 7.09. The normalized spacial score (nSPS) is 16.5. The highest BCUT2D eigenvalue weighted by Gasteiger charge is 2.48. The molecule has 2 aromatic rings. The zero-order valence-corrected chi connectivity index (χ0v) is 16.1. The number of amides is 2. The van der Waals surface area contributed by atoms with E-state index in [1.54, 1.807) is 36.1 Å². The van der Waals surface area contributed by atoms with Crippen LogP contribution in [0, 0.1) is 0 Å². The predicted molar refractivity (Wildman–Crippen MR) is 102 cm³/mol. The molecule has 3 rings (SSSR count). The monoisotopic (exact) mass is 418 g/mol. The Hall–Kier alpha value is -2.54. The molecule has 1 saturated heterocycles. The molecule has 7 heteroatoms. The van der Waals surface area contributed by atoms with Gasteiger partial charge in [0.05, 0.1) is 7.11 Å². The Morgan fingerprint density at radius 2 is 1.88 bits per heavy atom. The molecular weight excluding hydrogens is 400 g/mol. The maximum atomic E-state index is 13.0. The summed E-state index contributed by atoms with van der Waals surface area (Å²) in [7, 11) is 1.52. The van der Waals surface area contributed by atoms with Gasteiger partial charge in [-0.05, 0) is 48.9 Å². The number of carbonyl (C=O) groups excluding carboxylic acids is 1. The van der Waals surface area contributed by atoms with Crippen LogP contribution in [0.1, 0.15) is 12.5 Å². The summed E-state index contributed by atoms with van der Waals surface area (Å²) in [6.45, 7) is 2.29. The van der Waals surface area contributed by atoms with Crippen LogP contribution in [-0.2, 0) is 10.3 Å². The Bertz CT molecular complexity index is 840. The number of rotatable bonds is 5. The minimum absolute atomic E-state index is 0.314. The van der Waals surface area contributed by atoms with Crippen LogP contribution in [0.25, 0.3) is 0 Å². The molecule has 1 aliphatic heterocycles. The molecule has 0 spiro atoms. The molecule has 26 heavy (non-hydrogen) atoms. The first kappa shape index (κ1) is 18.3. The van der Waals surface area contributed by atoms with Gasteiger partial charge in [-0.1, -0.05) is 28.1 Å². The van der Waals surface area contributed by atoms with Crippen molar-refractivity contribution < 1.29 is 19.4 Å². The molecule has 1 N–H and O–H groups in total. The van der Waals surface area contributed by atoms with E-state index in [2.05, 4.69) is 15.9 Å². The molecule has 1 aliphatic rings. The highest BCUT2D eigenvalue weighted by Crippen LogP contribution is 2.35. The van der Waals surface area contributed by atoms with E-state index in [0.717, 1.165) is 10.2 Å². The summed E-state index contributed by atoms with van der Waals surface area (Å²) in [5, 5.41) is 9.96. The lowest BCUT2D eigenvalue weighted by Crippen LogP contribution is -2.51. The van der Waals surface area contributed by atoms with Crippen molar-refractivity contribution in [2.24, 2.45) is 0 Å². The van der Waals surface area contributed by atoms with Gasteiger partial charge in [0.1, 0.15) is 5.75 Å². The first-order valence-corrected chi connectivity index (χ1v) is 8.90. The standard InChI is InChI=1S/C19H19BrN2O4/c1-19(17(23)24,13-4-3-5-16(12-13)26-2)22-11-10-21(18(22)25)15-8-6-14(20)7-9-15/h3-9,12H,10-11H2,1-2H3,(H,23,24). The van der Waals surface area contributed by atoms with Crippen molar-refractivity contribution in [3.63, 3.8) is 0 Å². The van der Waals surface area contributed by atoms with Crippen LogP contribution in [0.15, 0.2) is 53.0 Å². The lowest BCUT2D eigenvalue weighted by atomic mass is 9.90. The van der Waals surface area contributed by atoms with E-state index in [-0.39, 0.29) is 6.03 Å². The molecule has 1 atom stereocenters. The van der Waals surface area contributed by atoms with Gasteiger partial charge in [-0.15, -0.1) is 0 Å². The van der Waals surface area contributed by atoms with Crippen molar-refractivity contribution in [2.75, 3.05) is 25.1 Å². The Kier molecular flexibility index (Phi) is 4.91. The molecule has 0 bridgehead atoms. The van der Waals surface area contributed by atoms with Crippen molar-refractivity contribution in [2.45, 2.75) is 12.5 Å². The fourth-order valence-electron chi connectivity index (χ4n) is 3.13. The number of aliphatic carboxylic acids is 1. The van der Waals surface area contributed by atoms with Gasteiger partial charge in [-0.2, -0.15) is 0 Å². The smallest absolute Gasteiger partial charge is 0.334 e. The highest BCUT2D eigenvalue weighted by atomic mass is 79.9. The van der Waals surface area contributed by atoms with Crippen molar-refractivity contribution >= 4 is 33.6 Å². The summed E-state index contributed by atoms with van der Waals surface area (Å²) >= 11 is 3.37. The average molecular weight is 419 g/mol. The van der Waals surface area contributed by atoms with Crippen LogP contribution in [0.4, 0.5) is 10.5 Å². The summed E-state index contributed by atoms with van der Waals surface area (Å²) in [6, 6.07) is 13.8. The maximum Gasteiger partial charge on any atom is 0.334 e. The molecule has 136 valence electrons. The lowest BCUT2D eigenvalue weighted by Gasteiger charge is -2.35. The second-order valence-electron chi connectivity index (χ2n) is 6.17. The number of carboxylic acids is 1. The molecule has 2 aromatic carbocycles. The van der Waals surface area contributed by atoms with Crippen molar-refractivity contribution in [1.82, 2.24) is 4.90 Å². The Labute approximate surface area is 160 Å². The molecule has 0 aliphatic carbocycles. The SMILES string of the molecule is COc1cccc(C(C)(C(=O)O)N2CCN(c3ccc(Br)cc3)C2=O)c1. The van der Waals surface area contributed by atoms with Crippen LogP contribution >= 0.6 is 15.9 Å². The number of anilines is 1. The highest BCUT2D eigenvalue weighted by molar-refractivity contribution is 9.10. The van der Waals surface area contributed by atoms with E-state index in [1.807, 2.05) is 24.3 Å². The predicted octanol–water partition coefficient (Wildman–Crippen LogP) is 3.70. The topological polar surface area (TPSA) is 70.1 Å². The van der Waals surface area contributed by atoms with E-state index in [9.17, 15) is 14.7 Å². The molecule has 6 nitrogen and oxygen atoms in total. The van der Waals surface area contributed by atoms with E-state index in [0.29, 0.717) is 24.4 Å². The Balaban J connectivity index is 1.97. The van der Waals surface area contributed by atoms with Gasteiger partial charge in [0.25, 0.3) is 0 Å². The molecule has 0 radical (unpaired) electrons. The Morgan fingerprint density at radius 3 is 2.50 bits per heavy atom. The van der Waals surface area contributed by atoms with E-state index < -0.39 is 11.5 Å². The zero-order valence-electron chi connectivity index (χ0n) is 14.5. The number of benzene rings is 2. The van der Waals surface area contributed by atoms with Gasteiger partial charge in [0.2, 0.25) is 0 Å². The third kappa shape index (κ3) is 3.03. The van der Waals surface area contributed by atoms with Crippen molar-refractivity contribution in [3.8, 4) is 5.75 Å². The van der Waals surface area contributed by atoms with Crippen LogP contribution in [0.3, 0.4) is 0 Å². The summed E-state index contributed by atoms with van der Waals surface area (Å²) in [5.41, 5.74) is -0.259. The Morgan fingerprint density at radius 1 is 1.19 bits per heavy atom. The van der Waals surface area contributed by atoms with Gasteiger partial charge in [0, 0.05) is 23.2 Å². The molecule has 0 aromatic heterocycles. The van der Waals surface area contributed by atoms with Gasteiger partial charge >= 0.3 is 12.0 Å². The molecule has 1 unspecified atom stereocenters. The summed E-state index contributed by atoms with van der Waals surface area (Å²) in [6.07, 6.45) is 0. The third-order valence-corrected chi connectivity index (χ3v) is 5.26. The fourth-order valence-corrected chi connectivity index (χ4v) is 3.40. The number of hydrogen-bond donors (Lipinski definition) is 1.